The fraction of sp³-hybridized carbons (Fsp3) is 0.500. The Morgan fingerprint density at radius 1 is 1.23 bits per heavy atom. The van der Waals surface area contributed by atoms with Crippen LogP contribution in [0.1, 0.15) is 38.2 Å². The zero-order chi connectivity index (χ0) is 22.4. The Balaban J connectivity index is 1.83. The van der Waals surface area contributed by atoms with Crippen LogP contribution in [0.5, 0.6) is 5.75 Å². The second-order valence-corrected chi connectivity index (χ2v) is 7.75. The summed E-state index contributed by atoms with van der Waals surface area (Å²) in [7, 11) is 1.56. The lowest BCUT2D eigenvalue weighted by atomic mass is 10.2. The van der Waals surface area contributed by atoms with Crippen molar-refractivity contribution in [2.24, 2.45) is 7.05 Å². The number of hydrogen-bond acceptors (Lipinski definition) is 6. The molecule has 0 saturated heterocycles. The summed E-state index contributed by atoms with van der Waals surface area (Å²) in [5.41, 5.74) is 0.435. The number of aliphatic hydroxyl groups is 1. The first-order valence-electron chi connectivity index (χ1n) is 10.7. The van der Waals surface area contributed by atoms with Crippen molar-refractivity contribution in [2.75, 3.05) is 18.5 Å². The highest BCUT2D eigenvalue weighted by Crippen LogP contribution is 2.19. The quantitative estimate of drug-likeness (QED) is 0.403. The standard InChI is InChI=1S/C22H31N5O4/c1-4-5-6-9-12-23-21-24-19-18(20(29)25-22(30)26(19)3)27(21)13-16(28)14-31-17-11-8-7-10-15(17)2/h7-8,10-11,16,28H,4-6,9,12-14H2,1-3H3,(H,23,24)(H,25,29,30). The fourth-order valence-electron chi connectivity index (χ4n) is 3.47. The van der Waals surface area contributed by atoms with Gasteiger partial charge in [0.25, 0.3) is 5.56 Å². The summed E-state index contributed by atoms with van der Waals surface area (Å²) in [5, 5.41) is 13.9. The van der Waals surface area contributed by atoms with Crippen LogP contribution in [0.4, 0.5) is 5.95 Å². The maximum atomic E-state index is 12.5. The molecule has 9 heteroatoms. The third-order valence-electron chi connectivity index (χ3n) is 5.24. The number of aliphatic hydroxyl groups excluding tert-OH is 1. The van der Waals surface area contributed by atoms with Gasteiger partial charge in [0.15, 0.2) is 11.2 Å². The minimum atomic E-state index is -0.880. The van der Waals surface area contributed by atoms with Crippen molar-refractivity contribution in [3.8, 4) is 5.75 Å². The number of para-hydroxylation sites is 1. The molecule has 0 bridgehead atoms. The number of aryl methyl sites for hydroxylation is 2. The van der Waals surface area contributed by atoms with Crippen LogP contribution in [0, 0.1) is 6.92 Å². The lowest BCUT2D eigenvalue weighted by Gasteiger charge is -2.16. The minimum absolute atomic E-state index is 0.0597. The summed E-state index contributed by atoms with van der Waals surface area (Å²) in [6, 6.07) is 7.58. The van der Waals surface area contributed by atoms with Gasteiger partial charge in [0, 0.05) is 13.6 Å². The van der Waals surface area contributed by atoms with Crippen molar-refractivity contribution < 1.29 is 9.84 Å². The van der Waals surface area contributed by atoms with Crippen LogP contribution in [-0.4, -0.2) is 43.5 Å². The highest BCUT2D eigenvalue weighted by molar-refractivity contribution is 5.74. The van der Waals surface area contributed by atoms with E-state index in [1.807, 2.05) is 31.2 Å². The molecule has 0 aliphatic carbocycles. The number of rotatable bonds is 11. The molecule has 31 heavy (non-hydrogen) atoms. The van der Waals surface area contributed by atoms with Gasteiger partial charge in [-0.25, -0.2) is 4.79 Å². The Morgan fingerprint density at radius 2 is 2.00 bits per heavy atom. The average molecular weight is 430 g/mol. The number of nitrogens with zero attached hydrogens (tertiary/aromatic N) is 3. The molecule has 3 rings (SSSR count). The molecule has 0 amide bonds. The number of fused-ring (bicyclic) bond motifs is 1. The Kier molecular flexibility index (Phi) is 7.51. The molecule has 0 fully saturated rings. The maximum absolute atomic E-state index is 12.5. The highest BCUT2D eigenvalue weighted by atomic mass is 16.5. The first kappa shape index (κ1) is 22.6. The number of unbranched alkanes of at least 4 members (excludes halogenated alkanes) is 3. The van der Waals surface area contributed by atoms with Gasteiger partial charge in [-0.15, -0.1) is 0 Å². The Morgan fingerprint density at radius 3 is 2.74 bits per heavy atom. The number of nitrogens with one attached hydrogen (secondary N) is 2. The first-order chi connectivity index (χ1) is 14.9. The number of aromatic amines is 1. The second-order valence-electron chi connectivity index (χ2n) is 7.75. The second kappa shape index (κ2) is 10.3. The van der Waals surface area contributed by atoms with E-state index in [1.165, 1.54) is 4.57 Å². The minimum Gasteiger partial charge on any atom is -0.491 e. The molecule has 1 atom stereocenters. The lowest BCUT2D eigenvalue weighted by Crippen LogP contribution is -2.31. The molecule has 1 unspecified atom stereocenters. The number of hydrogen-bond donors (Lipinski definition) is 3. The maximum Gasteiger partial charge on any atom is 0.329 e. The van der Waals surface area contributed by atoms with E-state index < -0.39 is 17.4 Å². The molecule has 0 aliphatic rings. The number of H-pyrrole nitrogens is 1. The summed E-state index contributed by atoms with van der Waals surface area (Å²) in [4.78, 5) is 31.3. The summed E-state index contributed by atoms with van der Waals surface area (Å²) < 4.78 is 8.67. The van der Waals surface area contributed by atoms with Crippen LogP contribution in [-0.2, 0) is 13.6 Å². The van der Waals surface area contributed by atoms with Gasteiger partial charge < -0.3 is 19.7 Å². The molecular formula is C22H31N5O4. The van der Waals surface area contributed by atoms with Gasteiger partial charge in [0.1, 0.15) is 18.5 Å². The van der Waals surface area contributed by atoms with Crippen molar-refractivity contribution in [1.82, 2.24) is 19.1 Å². The van der Waals surface area contributed by atoms with Crippen molar-refractivity contribution in [3.63, 3.8) is 0 Å². The van der Waals surface area contributed by atoms with Crippen molar-refractivity contribution in [1.29, 1.82) is 0 Å². The monoisotopic (exact) mass is 429 g/mol. The highest BCUT2D eigenvalue weighted by Gasteiger charge is 2.20. The van der Waals surface area contributed by atoms with Crippen molar-refractivity contribution >= 4 is 17.1 Å². The molecular weight excluding hydrogens is 398 g/mol. The molecule has 3 aromatic rings. The van der Waals surface area contributed by atoms with E-state index in [9.17, 15) is 14.7 Å². The molecule has 0 aliphatic heterocycles. The van der Waals surface area contributed by atoms with Gasteiger partial charge in [-0.3, -0.25) is 14.3 Å². The summed E-state index contributed by atoms with van der Waals surface area (Å²) in [6.07, 6.45) is 3.47. The van der Waals surface area contributed by atoms with Crippen molar-refractivity contribution in [3.05, 3.63) is 50.7 Å². The number of imidazole rings is 1. The topological polar surface area (TPSA) is 114 Å². The molecule has 2 aromatic heterocycles. The van der Waals surface area contributed by atoms with Crippen LogP contribution in [0.15, 0.2) is 33.9 Å². The fourth-order valence-corrected chi connectivity index (χ4v) is 3.47. The third kappa shape index (κ3) is 5.35. The molecule has 0 spiro atoms. The zero-order valence-corrected chi connectivity index (χ0v) is 18.4. The summed E-state index contributed by atoms with van der Waals surface area (Å²) in [5.74, 6) is 1.15. The number of anilines is 1. The van der Waals surface area contributed by atoms with E-state index in [-0.39, 0.29) is 24.3 Å². The van der Waals surface area contributed by atoms with Crippen LogP contribution in [0.2, 0.25) is 0 Å². The van der Waals surface area contributed by atoms with E-state index >= 15 is 0 Å². The van der Waals surface area contributed by atoms with Crippen LogP contribution >= 0.6 is 0 Å². The van der Waals surface area contributed by atoms with Gasteiger partial charge in [-0.2, -0.15) is 4.98 Å². The van der Waals surface area contributed by atoms with Crippen LogP contribution < -0.4 is 21.3 Å². The van der Waals surface area contributed by atoms with Gasteiger partial charge >= 0.3 is 5.69 Å². The molecule has 0 radical (unpaired) electrons. The van der Waals surface area contributed by atoms with E-state index in [0.717, 1.165) is 31.2 Å². The zero-order valence-electron chi connectivity index (χ0n) is 18.4. The molecule has 0 saturated carbocycles. The van der Waals surface area contributed by atoms with Gasteiger partial charge in [0.05, 0.1) is 6.54 Å². The van der Waals surface area contributed by atoms with E-state index in [4.69, 9.17) is 4.74 Å². The predicted octanol–water partition coefficient (Wildman–Crippen LogP) is 2.16. The molecule has 9 nitrogen and oxygen atoms in total. The van der Waals surface area contributed by atoms with E-state index in [1.54, 1.807) is 11.6 Å². The van der Waals surface area contributed by atoms with Gasteiger partial charge in [-0.1, -0.05) is 44.4 Å². The number of ether oxygens (including phenoxy) is 1. The Labute approximate surface area is 180 Å². The SMILES string of the molecule is CCCCCCNc1nc2c(c(=O)[nH]c(=O)n2C)n1CC(O)COc1ccccc1C. The summed E-state index contributed by atoms with van der Waals surface area (Å²) in [6.45, 7) is 4.93. The molecule has 2 heterocycles. The Bertz CT molecular complexity index is 1130. The predicted molar refractivity (Wildman–Crippen MR) is 121 cm³/mol. The smallest absolute Gasteiger partial charge is 0.329 e. The third-order valence-corrected chi connectivity index (χ3v) is 5.24. The Hall–Kier alpha value is -3.07. The van der Waals surface area contributed by atoms with Crippen LogP contribution in [0.3, 0.4) is 0 Å². The lowest BCUT2D eigenvalue weighted by molar-refractivity contribution is 0.0935. The first-order valence-corrected chi connectivity index (χ1v) is 10.7. The van der Waals surface area contributed by atoms with E-state index in [0.29, 0.717) is 18.2 Å². The van der Waals surface area contributed by atoms with Gasteiger partial charge in [-0.05, 0) is 25.0 Å². The average Bonchev–Trinajstić information content (AvgIpc) is 3.10. The van der Waals surface area contributed by atoms with Crippen molar-refractivity contribution in [2.45, 2.75) is 52.2 Å². The molecule has 168 valence electrons. The number of aromatic nitrogens is 4. The molecule has 3 N–H and O–H groups in total. The summed E-state index contributed by atoms with van der Waals surface area (Å²) >= 11 is 0. The largest absolute Gasteiger partial charge is 0.491 e. The molecule has 1 aromatic carbocycles. The van der Waals surface area contributed by atoms with E-state index in [2.05, 4.69) is 22.2 Å². The normalized spacial score (nSPS) is 12.3. The van der Waals surface area contributed by atoms with Crippen LogP contribution in [0.25, 0.3) is 11.2 Å². The van der Waals surface area contributed by atoms with Gasteiger partial charge in [0.2, 0.25) is 5.95 Å². The number of benzene rings is 1.